The predicted molar refractivity (Wildman–Crippen MR) is 17.3 cm³/mol. The number of hydrogen-bond acceptors (Lipinski definition) is 0. The van der Waals surface area contributed by atoms with Crippen LogP contribution in [-0.4, -0.2) is 44.4 Å². The van der Waals surface area contributed by atoms with E-state index in [-0.39, 0.29) is 56.0 Å². The Labute approximate surface area is 82.1 Å². The molecule has 2 radical (unpaired) electrons. The molecule has 0 aromatic carbocycles. The second-order valence-electron chi connectivity index (χ2n) is 0. The molecule has 0 spiro atoms. The molecule has 0 aliphatic carbocycles. The van der Waals surface area contributed by atoms with Crippen LogP contribution in [0, 0.1) is 0 Å². The molecule has 0 heterocycles. The summed E-state index contributed by atoms with van der Waals surface area (Å²) in [5.74, 6) is 0. The van der Waals surface area contributed by atoms with E-state index in [2.05, 4.69) is 27.3 Å². The molecule has 0 aliphatic heterocycles. The molecule has 0 nitrogen and oxygen atoms in total. The molecule has 0 aromatic heterocycles. The predicted octanol–water partition coefficient (Wildman–Crippen LogP) is -1.15. The van der Waals surface area contributed by atoms with Crippen LogP contribution in [-0.2, 0) is 39.0 Å². The molecule has 0 aromatic rings. The molecule has 5 heavy (non-hydrogen) atoms. The van der Waals surface area contributed by atoms with Crippen LogP contribution in [0.25, 0.3) is 0 Å². The molecule has 0 N–H and O–H groups in total. The van der Waals surface area contributed by atoms with Gasteiger partial charge in [-0.3, -0.25) is 0 Å². The first-order chi connectivity index (χ1) is 1.00. The Morgan fingerprint density at radius 3 is 0.800 bits per heavy atom. The number of rotatable bonds is 0. The minimum Gasteiger partial charge on any atom is 0 e. The van der Waals surface area contributed by atoms with Gasteiger partial charge >= 0.3 is 27.3 Å². The molecule has 0 amide bonds. The van der Waals surface area contributed by atoms with Gasteiger partial charge in [0.05, 0.1) is 0 Å². The molecule has 5 heteroatoms. The van der Waals surface area contributed by atoms with Gasteiger partial charge in [-0.25, -0.2) is 0 Å². The molecule has 0 atom stereocenters. The van der Waals surface area contributed by atoms with Crippen molar-refractivity contribution in [3.63, 3.8) is 0 Å². The SMILES string of the molecule is [Se].[Se]=[Se].[Zn].[Zn]. The Kier molecular flexibility index (Phi) is 146. The van der Waals surface area contributed by atoms with Gasteiger partial charge in [-0.15, -0.1) is 0 Å². The van der Waals surface area contributed by atoms with Gasteiger partial charge in [-0.2, -0.15) is 0 Å². The van der Waals surface area contributed by atoms with E-state index in [0.29, 0.717) is 0 Å². The van der Waals surface area contributed by atoms with Crippen molar-refractivity contribution >= 4 is 44.4 Å². The monoisotopic (exact) mass is 368 g/mol. The summed E-state index contributed by atoms with van der Waals surface area (Å²) in [6.07, 6.45) is 0. The first-order valence-corrected chi connectivity index (χ1v) is 4.50. The van der Waals surface area contributed by atoms with E-state index in [0.717, 1.165) is 0 Å². The van der Waals surface area contributed by atoms with Crippen molar-refractivity contribution in [2.75, 3.05) is 0 Å². The van der Waals surface area contributed by atoms with Gasteiger partial charge in [0.1, 0.15) is 0 Å². The average molecular weight is 368 g/mol. The van der Waals surface area contributed by atoms with E-state index in [9.17, 15) is 0 Å². The first-order valence-electron chi connectivity index (χ1n) is 0.167. The van der Waals surface area contributed by atoms with E-state index < -0.39 is 0 Å². The van der Waals surface area contributed by atoms with Gasteiger partial charge in [-0.1, -0.05) is 0 Å². The smallest absolute Gasteiger partial charge is 0 e. The van der Waals surface area contributed by atoms with Crippen LogP contribution >= 0.6 is 0 Å². The van der Waals surface area contributed by atoms with Crippen LogP contribution in [0.1, 0.15) is 0 Å². The Hall–Kier alpha value is 2.81. The molecule has 0 fully saturated rings. The molecule has 0 unspecified atom stereocenters. The van der Waals surface area contributed by atoms with Crippen molar-refractivity contribution in [1.29, 1.82) is 0 Å². The van der Waals surface area contributed by atoms with Gasteiger partial charge in [0, 0.05) is 56.0 Å². The van der Waals surface area contributed by atoms with Crippen molar-refractivity contribution < 1.29 is 39.0 Å². The van der Waals surface area contributed by atoms with Crippen molar-refractivity contribution in [3.05, 3.63) is 0 Å². The zero-order chi connectivity index (χ0) is 2.00. The summed E-state index contributed by atoms with van der Waals surface area (Å²) in [7, 11) is 0. The summed E-state index contributed by atoms with van der Waals surface area (Å²) in [6.45, 7) is 0. The van der Waals surface area contributed by atoms with E-state index in [4.69, 9.17) is 0 Å². The fraction of sp³-hybridized carbons (Fsp3) is 0. The summed E-state index contributed by atoms with van der Waals surface area (Å²) < 4.78 is 0. The average Bonchev–Trinajstić information content (AvgIpc) is 1.00. The zero-order valence-corrected chi connectivity index (χ0v) is 13.7. The number of hydrogen-bond donors (Lipinski definition) is 0. The largest absolute Gasteiger partial charge is 0 e. The fourth-order valence-corrected chi connectivity index (χ4v) is 0. The molecular formula is Se3Zn2. The first kappa shape index (κ1) is 25.0. The van der Waals surface area contributed by atoms with Crippen molar-refractivity contribution in [2.45, 2.75) is 0 Å². The molecule has 0 saturated heterocycles. The normalized spacial score (nSPS) is 0.800. The second-order valence-corrected chi connectivity index (χ2v) is 0. The third-order valence-corrected chi connectivity index (χ3v) is 0. The van der Waals surface area contributed by atoms with Crippen molar-refractivity contribution in [3.8, 4) is 0 Å². The summed E-state index contributed by atoms with van der Waals surface area (Å²) in [5.41, 5.74) is 0. The fourth-order valence-electron chi connectivity index (χ4n) is 0. The molecule has 22 valence electrons. The van der Waals surface area contributed by atoms with Crippen LogP contribution in [0.5, 0.6) is 0 Å². The van der Waals surface area contributed by atoms with Gasteiger partial charge in [0.2, 0.25) is 0 Å². The summed E-state index contributed by atoms with van der Waals surface area (Å²) >= 11 is 5.00. The van der Waals surface area contributed by atoms with Gasteiger partial charge < -0.3 is 0 Å². The summed E-state index contributed by atoms with van der Waals surface area (Å²) in [4.78, 5) is 0. The van der Waals surface area contributed by atoms with E-state index in [1.54, 1.807) is 0 Å². The Morgan fingerprint density at radius 1 is 0.800 bits per heavy atom. The van der Waals surface area contributed by atoms with Crippen LogP contribution in [0.2, 0.25) is 0 Å². The van der Waals surface area contributed by atoms with Crippen LogP contribution in [0.4, 0.5) is 0 Å². The Morgan fingerprint density at radius 2 is 0.800 bits per heavy atom. The zero-order valence-electron chi connectivity index (χ0n) is 2.64. The third kappa shape index (κ3) is 20.0. The van der Waals surface area contributed by atoms with Crippen LogP contribution in [0.15, 0.2) is 0 Å². The minimum atomic E-state index is 0. The summed E-state index contributed by atoms with van der Waals surface area (Å²) in [6, 6.07) is 0. The third-order valence-electron chi connectivity index (χ3n) is 0. The Bertz CT molecular complexity index is 4.85. The topological polar surface area (TPSA) is 0 Å². The quantitative estimate of drug-likeness (QED) is 0.475. The minimum absolute atomic E-state index is 0. The summed E-state index contributed by atoms with van der Waals surface area (Å²) in [5, 5.41) is 0. The maximum Gasteiger partial charge on any atom is 0 e. The standard InChI is InChI=1S/Se2.Se.2Zn/c1-2;;;. The van der Waals surface area contributed by atoms with Crippen molar-refractivity contribution in [2.24, 2.45) is 0 Å². The van der Waals surface area contributed by atoms with E-state index >= 15 is 0 Å². The van der Waals surface area contributed by atoms with Gasteiger partial charge in [-0.05, 0) is 0 Å². The Balaban J connectivity index is -0.00000000167. The molecular weight excluding hydrogens is 368 g/mol. The van der Waals surface area contributed by atoms with Crippen LogP contribution < -0.4 is 0 Å². The maximum absolute atomic E-state index is 2.50. The maximum atomic E-state index is 2.50. The van der Waals surface area contributed by atoms with E-state index in [1.807, 2.05) is 0 Å². The molecule has 0 rings (SSSR count). The van der Waals surface area contributed by atoms with Gasteiger partial charge in [0.15, 0.2) is 0 Å². The van der Waals surface area contributed by atoms with Gasteiger partial charge in [0.25, 0.3) is 0 Å². The molecule has 0 bridgehead atoms. The second kappa shape index (κ2) is 29.1. The van der Waals surface area contributed by atoms with Crippen LogP contribution in [0.3, 0.4) is 0 Å². The van der Waals surface area contributed by atoms with Crippen molar-refractivity contribution in [1.82, 2.24) is 0 Å². The molecule has 0 aliphatic rings. The molecule has 0 saturated carbocycles. The van der Waals surface area contributed by atoms with E-state index in [1.165, 1.54) is 0 Å².